The van der Waals surface area contributed by atoms with Crippen molar-refractivity contribution < 1.29 is 0 Å². The normalized spacial score (nSPS) is 11.0. The van der Waals surface area contributed by atoms with Gasteiger partial charge in [-0.3, -0.25) is 5.10 Å². The summed E-state index contributed by atoms with van der Waals surface area (Å²) in [6.07, 6.45) is 5.69. The molecule has 0 aliphatic carbocycles. The van der Waals surface area contributed by atoms with Gasteiger partial charge in [0, 0.05) is 5.69 Å². The highest BCUT2D eigenvalue weighted by Gasteiger charge is 2.00. The summed E-state index contributed by atoms with van der Waals surface area (Å²) in [5.41, 5.74) is 2.59. The van der Waals surface area contributed by atoms with Crippen molar-refractivity contribution in [3.63, 3.8) is 0 Å². The molecule has 0 radical (unpaired) electrons. The third kappa shape index (κ3) is 2.68. The van der Waals surface area contributed by atoms with E-state index in [4.69, 9.17) is 0 Å². The van der Waals surface area contributed by atoms with Gasteiger partial charge in [-0.15, -0.1) is 0 Å². The lowest BCUT2D eigenvalue weighted by Crippen LogP contribution is -1.91. The highest BCUT2D eigenvalue weighted by molar-refractivity contribution is 5.14. The predicted molar refractivity (Wildman–Crippen MR) is 51.1 cm³/mol. The molecule has 0 aliphatic rings. The molecule has 0 unspecified atom stereocenters. The van der Waals surface area contributed by atoms with Crippen molar-refractivity contribution in [1.29, 1.82) is 0 Å². The van der Waals surface area contributed by atoms with E-state index in [9.17, 15) is 0 Å². The number of nitrogens with zero attached hydrogens (tertiary/aromatic N) is 1. The van der Waals surface area contributed by atoms with Gasteiger partial charge >= 0.3 is 0 Å². The zero-order valence-corrected chi connectivity index (χ0v) is 8.22. The van der Waals surface area contributed by atoms with E-state index in [1.54, 1.807) is 0 Å². The molecule has 0 fully saturated rings. The predicted octanol–water partition coefficient (Wildman–Crippen LogP) is 2.70. The van der Waals surface area contributed by atoms with Gasteiger partial charge in [0.1, 0.15) is 0 Å². The van der Waals surface area contributed by atoms with E-state index >= 15 is 0 Å². The Morgan fingerprint density at radius 2 is 2.25 bits per heavy atom. The first-order valence-corrected chi connectivity index (χ1v) is 4.69. The van der Waals surface area contributed by atoms with Crippen LogP contribution in [0.4, 0.5) is 0 Å². The van der Waals surface area contributed by atoms with Crippen molar-refractivity contribution in [3.8, 4) is 0 Å². The highest BCUT2D eigenvalue weighted by Crippen LogP contribution is 2.10. The largest absolute Gasteiger partial charge is 0.283 e. The molecule has 0 saturated heterocycles. The van der Waals surface area contributed by atoms with Gasteiger partial charge in [-0.25, -0.2) is 0 Å². The molecule has 1 heterocycles. The second-order valence-corrected chi connectivity index (χ2v) is 3.81. The Morgan fingerprint density at radius 3 is 2.75 bits per heavy atom. The van der Waals surface area contributed by atoms with Gasteiger partial charge < -0.3 is 0 Å². The molecule has 68 valence electrons. The highest BCUT2D eigenvalue weighted by atomic mass is 15.1. The molecule has 12 heavy (non-hydrogen) atoms. The van der Waals surface area contributed by atoms with E-state index in [-0.39, 0.29) is 0 Å². The van der Waals surface area contributed by atoms with Crippen molar-refractivity contribution in [2.75, 3.05) is 0 Å². The summed E-state index contributed by atoms with van der Waals surface area (Å²) in [5, 5.41) is 6.95. The van der Waals surface area contributed by atoms with Gasteiger partial charge in [0.05, 0.1) is 6.20 Å². The molecule has 2 nitrogen and oxygen atoms in total. The molecule has 0 spiro atoms. The molecule has 0 atom stereocenters. The van der Waals surface area contributed by atoms with Crippen molar-refractivity contribution in [2.45, 2.75) is 40.0 Å². The lowest BCUT2D eigenvalue weighted by Gasteiger charge is -2.02. The van der Waals surface area contributed by atoms with E-state index < -0.39 is 0 Å². The van der Waals surface area contributed by atoms with Crippen LogP contribution in [0.1, 0.15) is 37.9 Å². The molecule has 2 heteroatoms. The SMILES string of the molecule is Cc1[nH]ncc1CCCC(C)C. The summed E-state index contributed by atoms with van der Waals surface area (Å²) in [5.74, 6) is 0.817. The lowest BCUT2D eigenvalue weighted by molar-refractivity contribution is 0.555. The van der Waals surface area contributed by atoms with E-state index in [1.807, 2.05) is 6.20 Å². The minimum atomic E-state index is 0.817. The Hall–Kier alpha value is -0.790. The monoisotopic (exact) mass is 166 g/mol. The van der Waals surface area contributed by atoms with Crippen LogP contribution in [-0.4, -0.2) is 10.2 Å². The van der Waals surface area contributed by atoms with Crippen LogP contribution in [0.3, 0.4) is 0 Å². The Kier molecular flexibility index (Phi) is 3.32. The Morgan fingerprint density at radius 1 is 1.50 bits per heavy atom. The maximum absolute atomic E-state index is 3.99. The molecule has 1 aromatic rings. The number of hydrogen-bond acceptors (Lipinski definition) is 1. The van der Waals surface area contributed by atoms with Crippen molar-refractivity contribution >= 4 is 0 Å². The van der Waals surface area contributed by atoms with Gasteiger partial charge in [-0.2, -0.15) is 5.10 Å². The van der Waals surface area contributed by atoms with Crippen LogP contribution < -0.4 is 0 Å². The smallest absolute Gasteiger partial charge is 0.0522 e. The van der Waals surface area contributed by atoms with Crippen LogP contribution >= 0.6 is 0 Å². The molecule has 1 N–H and O–H groups in total. The standard InChI is InChI=1S/C10H18N2/c1-8(2)5-4-6-10-7-11-12-9(10)3/h7-8H,4-6H2,1-3H3,(H,11,12). The summed E-state index contributed by atoms with van der Waals surface area (Å²) in [6, 6.07) is 0. The second-order valence-electron chi connectivity index (χ2n) is 3.81. The zero-order chi connectivity index (χ0) is 8.97. The van der Waals surface area contributed by atoms with Crippen LogP contribution in [0.5, 0.6) is 0 Å². The molecule has 0 saturated carbocycles. The van der Waals surface area contributed by atoms with Crippen LogP contribution in [0.15, 0.2) is 6.20 Å². The third-order valence-electron chi connectivity index (χ3n) is 2.16. The molecular weight excluding hydrogens is 148 g/mol. The first kappa shape index (κ1) is 9.30. The topological polar surface area (TPSA) is 28.7 Å². The van der Waals surface area contributed by atoms with Gasteiger partial charge in [-0.1, -0.05) is 20.3 Å². The summed E-state index contributed by atoms with van der Waals surface area (Å²) < 4.78 is 0. The van der Waals surface area contributed by atoms with E-state index in [0.29, 0.717) is 0 Å². The number of hydrogen-bond donors (Lipinski definition) is 1. The fourth-order valence-corrected chi connectivity index (χ4v) is 1.33. The number of aromatic nitrogens is 2. The van der Waals surface area contributed by atoms with E-state index in [2.05, 4.69) is 31.0 Å². The van der Waals surface area contributed by atoms with E-state index in [0.717, 1.165) is 5.92 Å². The lowest BCUT2D eigenvalue weighted by atomic mass is 10.0. The molecule has 1 aromatic heterocycles. The van der Waals surface area contributed by atoms with Crippen LogP contribution in [0, 0.1) is 12.8 Å². The zero-order valence-electron chi connectivity index (χ0n) is 8.22. The minimum Gasteiger partial charge on any atom is -0.283 e. The molecule has 0 aliphatic heterocycles. The van der Waals surface area contributed by atoms with Crippen LogP contribution in [0.25, 0.3) is 0 Å². The number of aromatic amines is 1. The van der Waals surface area contributed by atoms with Crippen molar-refractivity contribution in [2.24, 2.45) is 5.92 Å². The van der Waals surface area contributed by atoms with Crippen LogP contribution in [0.2, 0.25) is 0 Å². The molecule has 0 amide bonds. The van der Waals surface area contributed by atoms with Gasteiger partial charge in [0.15, 0.2) is 0 Å². The van der Waals surface area contributed by atoms with E-state index in [1.165, 1.54) is 30.5 Å². The van der Waals surface area contributed by atoms with Gasteiger partial charge in [0.25, 0.3) is 0 Å². The Labute approximate surface area is 74.4 Å². The summed E-state index contributed by atoms with van der Waals surface area (Å²) in [4.78, 5) is 0. The minimum absolute atomic E-state index is 0.817. The molecular formula is C10H18N2. The number of rotatable bonds is 4. The summed E-state index contributed by atoms with van der Waals surface area (Å²) in [7, 11) is 0. The molecule has 0 bridgehead atoms. The summed E-state index contributed by atoms with van der Waals surface area (Å²) in [6.45, 7) is 6.61. The molecule has 1 rings (SSSR count). The number of aryl methyl sites for hydroxylation is 2. The average Bonchev–Trinajstić information content (AvgIpc) is 2.36. The number of H-pyrrole nitrogens is 1. The Bertz CT molecular complexity index is 225. The second kappa shape index (κ2) is 4.29. The van der Waals surface area contributed by atoms with Gasteiger partial charge in [-0.05, 0) is 31.2 Å². The number of nitrogens with one attached hydrogen (secondary N) is 1. The maximum Gasteiger partial charge on any atom is 0.0522 e. The van der Waals surface area contributed by atoms with Crippen molar-refractivity contribution in [1.82, 2.24) is 10.2 Å². The maximum atomic E-state index is 3.99. The fraction of sp³-hybridized carbons (Fsp3) is 0.700. The molecule has 0 aromatic carbocycles. The first-order chi connectivity index (χ1) is 5.70. The average molecular weight is 166 g/mol. The van der Waals surface area contributed by atoms with Gasteiger partial charge in [0.2, 0.25) is 0 Å². The quantitative estimate of drug-likeness (QED) is 0.732. The fourth-order valence-electron chi connectivity index (χ4n) is 1.33. The summed E-state index contributed by atoms with van der Waals surface area (Å²) >= 11 is 0. The Balaban J connectivity index is 2.29. The third-order valence-corrected chi connectivity index (χ3v) is 2.16. The first-order valence-electron chi connectivity index (χ1n) is 4.69. The van der Waals surface area contributed by atoms with Crippen molar-refractivity contribution in [3.05, 3.63) is 17.5 Å². The van der Waals surface area contributed by atoms with Crippen LogP contribution in [-0.2, 0) is 6.42 Å².